The predicted molar refractivity (Wildman–Crippen MR) is 67.0 cm³/mol. The highest BCUT2D eigenvalue weighted by Crippen LogP contribution is 2.26. The number of aryl methyl sites for hydroxylation is 1. The Labute approximate surface area is 108 Å². The summed E-state index contributed by atoms with van der Waals surface area (Å²) in [5.41, 5.74) is 0.974. The number of aliphatic hydroxyl groups excluding tert-OH is 1. The van der Waals surface area contributed by atoms with E-state index in [0.29, 0.717) is 17.4 Å². The van der Waals surface area contributed by atoms with Crippen molar-refractivity contribution in [1.29, 1.82) is 0 Å². The van der Waals surface area contributed by atoms with Gasteiger partial charge in [0.25, 0.3) is 0 Å². The van der Waals surface area contributed by atoms with Crippen molar-refractivity contribution in [3.63, 3.8) is 0 Å². The van der Waals surface area contributed by atoms with Crippen LogP contribution in [0.25, 0.3) is 0 Å². The SMILES string of the molecule is Cn1nncc1CNCC(O)c1ccc(Cl)s1. The van der Waals surface area contributed by atoms with Crippen LogP contribution in [0, 0.1) is 0 Å². The van der Waals surface area contributed by atoms with Crippen LogP contribution in [-0.4, -0.2) is 26.6 Å². The van der Waals surface area contributed by atoms with Gasteiger partial charge in [-0.1, -0.05) is 16.8 Å². The zero-order valence-electron chi connectivity index (χ0n) is 9.30. The summed E-state index contributed by atoms with van der Waals surface area (Å²) in [7, 11) is 1.83. The van der Waals surface area contributed by atoms with Crippen LogP contribution in [0.1, 0.15) is 16.7 Å². The normalized spacial score (nSPS) is 12.9. The van der Waals surface area contributed by atoms with E-state index < -0.39 is 6.10 Å². The minimum absolute atomic E-state index is 0.474. The molecule has 0 radical (unpaired) electrons. The van der Waals surface area contributed by atoms with Gasteiger partial charge in [-0.05, 0) is 12.1 Å². The van der Waals surface area contributed by atoms with Gasteiger partial charge in [-0.2, -0.15) is 0 Å². The fraction of sp³-hybridized carbons (Fsp3) is 0.400. The first kappa shape index (κ1) is 12.5. The van der Waals surface area contributed by atoms with Crippen LogP contribution in [0.3, 0.4) is 0 Å². The average Bonchev–Trinajstić information content (AvgIpc) is 2.88. The quantitative estimate of drug-likeness (QED) is 0.863. The zero-order chi connectivity index (χ0) is 12.3. The number of rotatable bonds is 5. The maximum absolute atomic E-state index is 9.88. The van der Waals surface area contributed by atoms with Gasteiger partial charge in [-0.3, -0.25) is 4.68 Å². The molecule has 2 heterocycles. The molecule has 2 N–H and O–H groups in total. The van der Waals surface area contributed by atoms with Gasteiger partial charge in [0, 0.05) is 25.0 Å². The molecule has 92 valence electrons. The molecule has 5 nitrogen and oxygen atoms in total. The highest BCUT2D eigenvalue weighted by atomic mass is 35.5. The minimum atomic E-state index is -0.534. The van der Waals surface area contributed by atoms with E-state index in [9.17, 15) is 5.11 Å². The molecule has 1 atom stereocenters. The summed E-state index contributed by atoms with van der Waals surface area (Å²) in [4.78, 5) is 0.866. The summed E-state index contributed by atoms with van der Waals surface area (Å²) in [5.74, 6) is 0. The Bertz CT molecular complexity index is 484. The highest BCUT2D eigenvalue weighted by molar-refractivity contribution is 7.16. The highest BCUT2D eigenvalue weighted by Gasteiger charge is 2.10. The van der Waals surface area contributed by atoms with Crippen LogP contribution in [-0.2, 0) is 13.6 Å². The zero-order valence-corrected chi connectivity index (χ0v) is 10.9. The monoisotopic (exact) mass is 272 g/mol. The lowest BCUT2D eigenvalue weighted by Crippen LogP contribution is -2.21. The maximum Gasteiger partial charge on any atom is 0.101 e. The minimum Gasteiger partial charge on any atom is -0.386 e. The van der Waals surface area contributed by atoms with E-state index in [1.807, 2.05) is 13.1 Å². The van der Waals surface area contributed by atoms with Crippen molar-refractivity contribution in [2.45, 2.75) is 12.6 Å². The molecule has 0 aliphatic carbocycles. The Hall–Kier alpha value is -0.950. The molecule has 0 amide bonds. The van der Waals surface area contributed by atoms with Crippen LogP contribution in [0.2, 0.25) is 4.34 Å². The van der Waals surface area contributed by atoms with Crippen molar-refractivity contribution >= 4 is 22.9 Å². The largest absolute Gasteiger partial charge is 0.386 e. The van der Waals surface area contributed by atoms with Crippen molar-refractivity contribution < 1.29 is 5.11 Å². The Morgan fingerprint density at radius 1 is 1.59 bits per heavy atom. The second-order valence-electron chi connectivity index (χ2n) is 3.64. The third-order valence-electron chi connectivity index (χ3n) is 2.37. The molecule has 0 spiro atoms. The van der Waals surface area contributed by atoms with E-state index >= 15 is 0 Å². The second-order valence-corrected chi connectivity index (χ2v) is 5.38. The smallest absolute Gasteiger partial charge is 0.101 e. The molecule has 0 fully saturated rings. The Morgan fingerprint density at radius 2 is 2.41 bits per heavy atom. The third kappa shape index (κ3) is 3.26. The number of aromatic nitrogens is 3. The molecular formula is C10H13ClN4OS. The van der Waals surface area contributed by atoms with Crippen molar-refractivity contribution in [1.82, 2.24) is 20.3 Å². The number of hydrogen-bond acceptors (Lipinski definition) is 5. The van der Waals surface area contributed by atoms with Crippen molar-refractivity contribution in [3.05, 3.63) is 33.2 Å². The second kappa shape index (κ2) is 5.59. The topological polar surface area (TPSA) is 63.0 Å². The van der Waals surface area contributed by atoms with Gasteiger partial charge in [0.15, 0.2) is 0 Å². The Kier molecular flexibility index (Phi) is 4.11. The fourth-order valence-corrected chi connectivity index (χ4v) is 2.46. The number of nitrogens with one attached hydrogen (secondary N) is 1. The van der Waals surface area contributed by atoms with E-state index in [0.717, 1.165) is 10.6 Å². The van der Waals surface area contributed by atoms with Crippen LogP contribution in [0.4, 0.5) is 0 Å². The lowest BCUT2D eigenvalue weighted by Gasteiger charge is -2.09. The van der Waals surface area contributed by atoms with Crippen LogP contribution in [0.15, 0.2) is 18.3 Å². The number of hydrogen-bond donors (Lipinski definition) is 2. The summed E-state index contributed by atoms with van der Waals surface area (Å²) in [6.45, 7) is 1.10. The van der Waals surface area contributed by atoms with E-state index in [4.69, 9.17) is 11.6 Å². The van der Waals surface area contributed by atoms with Crippen LogP contribution < -0.4 is 5.32 Å². The Morgan fingerprint density at radius 3 is 3.00 bits per heavy atom. The van der Waals surface area contributed by atoms with Crippen LogP contribution >= 0.6 is 22.9 Å². The first-order chi connectivity index (χ1) is 8.16. The molecule has 0 saturated carbocycles. The lowest BCUT2D eigenvalue weighted by atomic mass is 10.3. The molecule has 2 aromatic rings. The van der Waals surface area contributed by atoms with Crippen molar-refractivity contribution in [2.24, 2.45) is 7.05 Å². The number of thiophene rings is 1. The van der Waals surface area contributed by atoms with E-state index in [2.05, 4.69) is 15.6 Å². The molecule has 7 heteroatoms. The molecule has 2 aromatic heterocycles. The number of aliphatic hydroxyl groups is 1. The van der Waals surface area contributed by atoms with Gasteiger partial charge in [0.1, 0.15) is 6.10 Å². The van der Waals surface area contributed by atoms with Gasteiger partial charge < -0.3 is 10.4 Å². The standard InChI is InChI=1S/C10H13ClN4OS/c1-15-7(5-13-14-15)4-12-6-8(16)9-2-3-10(11)17-9/h2-3,5,8,12,16H,4,6H2,1H3. The fourth-order valence-electron chi connectivity index (χ4n) is 1.42. The first-order valence-corrected chi connectivity index (χ1v) is 6.34. The van der Waals surface area contributed by atoms with E-state index in [1.54, 1.807) is 16.9 Å². The van der Waals surface area contributed by atoms with Gasteiger partial charge in [0.05, 0.1) is 16.2 Å². The summed E-state index contributed by atoms with van der Waals surface area (Å²) in [6.07, 6.45) is 1.16. The van der Waals surface area contributed by atoms with Crippen molar-refractivity contribution in [3.8, 4) is 0 Å². The number of nitrogens with zero attached hydrogens (tertiary/aromatic N) is 3. The third-order valence-corrected chi connectivity index (χ3v) is 3.71. The molecule has 1 unspecified atom stereocenters. The van der Waals surface area contributed by atoms with Gasteiger partial charge in [-0.25, -0.2) is 0 Å². The summed E-state index contributed by atoms with van der Waals surface area (Å²) in [6, 6.07) is 3.63. The molecule has 0 saturated heterocycles. The molecular weight excluding hydrogens is 260 g/mol. The van der Waals surface area contributed by atoms with E-state index in [1.165, 1.54) is 11.3 Å². The van der Waals surface area contributed by atoms with Crippen molar-refractivity contribution in [2.75, 3.05) is 6.54 Å². The van der Waals surface area contributed by atoms with Gasteiger partial charge in [0.2, 0.25) is 0 Å². The van der Waals surface area contributed by atoms with Gasteiger partial charge >= 0.3 is 0 Å². The molecule has 17 heavy (non-hydrogen) atoms. The molecule has 0 bridgehead atoms. The molecule has 2 rings (SSSR count). The molecule has 0 aliphatic heterocycles. The first-order valence-electron chi connectivity index (χ1n) is 5.14. The van der Waals surface area contributed by atoms with E-state index in [-0.39, 0.29) is 0 Å². The average molecular weight is 273 g/mol. The molecule has 0 aliphatic rings. The van der Waals surface area contributed by atoms with Gasteiger partial charge in [-0.15, -0.1) is 16.4 Å². The summed E-state index contributed by atoms with van der Waals surface area (Å²) >= 11 is 7.20. The lowest BCUT2D eigenvalue weighted by molar-refractivity contribution is 0.178. The van der Waals surface area contributed by atoms with Crippen LogP contribution in [0.5, 0.6) is 0 Å². The number of halogens is 1. The summed E-state index contributed by atoms with van der Waals surface area (Å²) in [5, 5.41) is 20.6. The maximum atomic E-state index is 9.88. The molecule has 0 aromatic carbocycles. The summed E-state index contributed by atoms with van der Waals surface area (Å²) < 4.78 is 2.39. The predicted octanol–water partition coefficient (Wildman–Crippen LogP) is 1.35. The Balaban J connectivity index is 1.81.